The number of aliphatic hydroxyl groups excluding tert-OH is 1. The van der Waals surface area contributed by atoms with E-state index in [0.29, 0.717) is 13.0 Å². The lowest BCUT2D eigenvalue weighted by Crippen LogP contribution is -2.34. The van der Waals surface area contributed by atoms with E-state index in [9.17, 15) is 9.90 Å². The molecule has 3 rings (SSSR count). The number of carbonyl (C=O) groups is 1. The van der Waals surface area contributed by atoms with Crippen molar-refractivity contribution >= 4 is 5.91 Å². The minimum atomic E-state index is -0.332. The van der Waals surface area contributed by atoms with Crippen molar-refractivity contribution in [1.82, 2.24) is 15.5 Å². The van der Waals surface area contributed by atoms with Gasteiger partial charge in [0.1, 0.15) is 0 Å². The van der Waals surface area contributed by atoms with Crippen molar-refractivity contribution in [2.45, 2.75) is 38.3 Å². The second-order valence-corrected chi connectivity index (χ2v) is 5.88. The predicted octanol–water partition coefficient (Wildman–Crippen LogP) is 2.24. The summed E-state index contributed by atoms with van der Waals surface area (Å²) in [4.78, 5) is 12.1. The lowest BCUT2D eigenvalue weighted by atomic mass is 9.87. The molecule has 2 atom stereocenters. The Morgan fingerprint density at radius 2 is 2.14 bits per heavy atom. The fourth-order valence-corrected chi connectivity index (χ4v) is 2.94. The molecule has 0 bridgehead atoms. The van der Waals surface area contributed by atoms with E-state index >= 15 is 0 Å². The number of hydrogen-bond donors (Lipinski definition) is 3. The first-order valence-corrected chi connectivity index (χ1v) is 7.78. The van der Waals surface area contributed by atoms with Crippen LogP contribution in [-0.4, -0.2) is 27.3 Å². The molecule has 1 aliphatic rings. The number of hydrogen-bond acceptors (Lipinski definition) is 3. The molecular formula is C17H21N3O2. The van der Waals surface area contributed by atoms with E-state index in [1.54, 1.807) is 0 Å². The van der Waals surface area contributed by atoms with Crippen LogP contribution in [0.4, 0.5) is 0 Å². The molecule has 2 aromatic rings. The number of nitrogens with zero attached hydrogens (tertiary/aromatic N) is 1. The summed E-state index contributed by atoms with van der Waals surface area (Å²) in [5.74, 6) is -0.0464. The molecular weight excluding hydrogens is 278 g/mol. The zero-order valence-electron chi connectivity index (χ0n) is 12.5. The zero-order chi connectivity index (χ0) is 15.4. The molecule has 1 aliphatic carbocycles. The van der Waals surface area contributed by atoms with Crippen LogP contribution in [-0.2, 0) is 11.3 Å². The highest BCUT2D eigenvalue weighted by Crippen LogP contribution is 2.24. The first kappa shape index (κ1) is 14.8. The molecule has 5 nitrogen and oxygen atoms in total. The van der Waals surface area contributed by atoms with Crippen molar-refractivity contribution in [1.29, 1.82) is 0 Å². The van der Waals surface area contributed by atoms with Gasteiger partial charge in [0, 0.05) is 11.5 Å². The van der Waals surface area contributed by atoms with Gasteiger partial charge < -0.3 is 10.4 Å². The molecule has 1 saturated carbocycles. The van der Waals surface area contributed by atoms with Crippen molar-refractivity contribution in [3.8, 4) is 11.3 Å². The Labute approximate surface area is 129 Å². The van der Waals surface area contributed by atoms with Crippen LogP contribution < -0.4 is 5.32 Å². The number of nitrogens with one attached hydrogen (secondary N) is 2. The molecule has 22 heavy (non-hydrogen) atoms. The van der Waals surface area contributed by atoms with Gasteiger partial charge in [-0.05, 0) is 25.3 Å². The first-order valence-electron chi connectivity index (χ1n) is 7.78. The molecule has 0 radical (unpaired) electrons. The summed E-state index contributed by atoms with van der Waals surface area (Å²) in [6.07, 6.45) is 2.83. The highest BCUT2D eigenvalue weighted by molar-refractivity contribution is 5.78. The van der Waals surface area contributed by atoms with E-state index in [4.69, 9.17) is 0 Å². The number of amides is 1. The third kappa shape index (κ3) is 3.54. The maximum absolute atomic E-state index is 12.1. The van der Waals surface area contributed by atoms with Gasteiger partial charge in [0.15, 0.2) is 0 Å². The SMILES string of the molecule is O=C(NCc1cc(-c2ccccc2)n[nH]1)[C@H]1CCC[C@@H](O)C1. The molecule has 1 aromatic heterocycles. The first-order chi connectivity index (χ1) is 10.7. The van der Waals surface area contributed by atoms with Gasteiger partial charge in [-0.15, -0.1) is 0 Å². The Bertz CT molecular complexity index is 624. The van der Waals surface area contributed by atoms with Crippen molar-refractivity contribution in [2.75, 3.05) is 0 Å². The van der Waals surface area contributed by atoms with Crippen molar-refractivity contribution in [2.24, 2.45) is 5.92 Å². The Kier molecular flexibility index (Phi) is 4.53. The van der Waals surface area contributed by atoms with Crippen LogP contribution in [0.2, 0.25) is 0 Å². The van der Waals surface area contributed by atoms with Gasteiger partial charge in [0.25, 0.3) is 0 Å². The Balaban J connectivity index is 1.56. The number of benzene rings is 1. The van der Waals surface area contributed by atoms with Gasteiger partial charge in [0.2, 0.25) is 5.91 Å². The smallest absolute Gasteiger partial charge is 0.223 e. The van der Waals surface area contributed by atoms with Crippen molar-refractivity contribution in [3.63, 3.8) is 0 Å². The zero-order valence-corrected chi connectivity index (χ0v) is 12.5. The summed E-state index contributed by atoms with van der Waals surface area (Å²) < 4.78 is 0. The number of rotatable bonds is 4. The van der Waals surface area contributed by atoms with Crippen LogP contribution in [0.5, 0.6) is 0 Å². The van der Waals surface area contributed by atoms with Gasteiger partial charge in [0.05, 0.1) is 24.0 Å². The second kappa shape index (κ2) is 6.75. The van der Waals surface area contributed by atoms with Crippen LogP contribution >= 0.6 is 0 Å². The minimum Gasteiger partial charge on any atom is -0.393 e. The maximum Gasteiger partial charge on any atom is 0.223 e. The quantitative estimate of drug-likeness (QED) is 0.810. The molecule has 1 amide bonds. The molecule has 1 fully saturated rings. The van der Waals surface area contributed by atoms with Gasteiger partial charge in [-0.25, -0.2) is 0 Å². The summed E-state index contributed by atoms with van der Waals surface area (Å²) in [6, 6.07) is 11.9. The van der Waals surface area contributed by atoms with Gasteiger partial charge >= 0.3 is 0 Å². The predicted molar refractivity (Wildman–Crippen MR) is 83.8 cm³/mol. The lowest BCUT2D eigenvalue weighted by molar-refractivity contribution is -0.127. The van der Waals surface area contributed by atoms with Crippen LogP contribution in [0, 0.1) is 5.92 Å². The fraction of sp³-hybridized carbons (Fsp3) is 0.412. The highest BCUT2D eigenvalue weighted by atomic mass is 16.3. The standard InChI is InChI=1S/C17H21N3O2/c21-15-8-4-7-13(9-15)17(22)18-11-14-10-16(20-19-14)12-5-2-1-3-6-12/h1-3,5-6,10,13,15,21H,4,7-9,11H2,(H,18,22)(H,19,20)/t13-,15+/m0/s1. The third-order valence-electron chi connectivity index (χ3n) is 4.17. The van der Waals surface area contributed by atoms with E-state index in [-0.39, 0.29) is 17.9 Å². The summed E-state index contributed by atoms with van der Waals surface area (Å²) in [5, 5.41) is 19.8. The fourth-order valence-electron chi connectivity index (χ4n) is 2.94. The van der Waals surface area contributed by atoms with Crippen molar-refractivity contribution < 1.29 is 9.90 Å². The Hall–Kier alpha value is -2.14. The maximum atomic E-state index is 12.1. The normalized spacial score (nSPS) is 21.5. The monoisotopic (exact) mass is 299 g/mol. The van der Waals surface area contributed by atoms with Crippen LogP contribution in [0.15, 0.2) is 36.4 Å². The molecule has 0 unspecified atom stereocenters. The second-order valence-electron chi connectivity index (χ2n) is 5.88. The van der Waals surface area contributed by atoms with E-state index in [1.807, 2.05) is 36.4 Å². The molecule has 116 valence electrons. The summed E-state index contributed by atoms with van der Waals surface area (Å²) >= 11 is 0. The van der Waals surface area contributed by atoms with Crippen LogP contribution in [0.3, 0.4) is 0 Å². The molecule has 1 heterocycles. The Morgan fingerprint density at radius 1 is 1.32 bits per heavy atom. The average Bonchev–Trinajstić information content (AvgIpc) is 3.02. The summed E-state index contributed by atoms with van der Waals surface area (Å²) in [5.41, 5.74) is 2.80. The molecule has 0 aliphatic heterocycles. The number of aromatic nitrogens is 2. The lowest BCUT2D eigenvalue weighted by Gasteiger charge is -2.24. The topological polar surface area (TPSA) is 78.0 Å². The molecule has 0 saturated heterocycles. The van der Waals surface area contributed by atoms with Crippen LogP contribution in [0.1, 0.15) is 31.4 Å². The summed E-state index contributed by atoms with van der Waals surface area (Å²) in [7, 11) is 0. The van der Waals surface area contributed by atoms with E-state index in [0.717, 1.165) is 36.2 Å². The number of H-pyrrole nitrogens is 1. The van der Waals surface area contributed by atoms with E-state index in [1.165, 1.54) is 0 Å². The molecule has 5 heteroatoms. The Morgan fingerprint density at radius 3 is 2.91 bits per heavy atom. The average molecular weight is 299 g/mol. The van der Waals surface area contributed by atoms with E-state index in [2.05, 4.69) is 15.5 Å². The highest BCUT2D eigenvalue weighted by Gasteiger charge is 2.25. The number of carbonyl (C=O) groups excluding carboxylic acids is 1. The summed E-state index contributed by atoms with van der Waals surface area (Å²) in [6.45, 7) is 0.436. The largest absolute Gasteiger partial charge is 0.393 e. The number of aliphatic hydroxyl groups is 1. The van der Waals surface area contributed by atoms with Gasteiger partial charge in [-0.2, -0.15) is 5.10 Å². The molecule has 1 aromatic carbocycles. The third-order valence-corrected chi connectivity index (χ3v) is 4.17. The number of aromatic amines is 1. The molecule has 0 spiro atoms. The van der Waals surface area contributed by atoms with Gasteiger partial charge in [-0.3, -0.25) is 9.89 Å². The van der Waals surface area contributed by atoms with Crippen LogP contribution in [0.25, 0.3) is 11.3 Å². The van der Waals surface area contributed by atoms with Crippen molar-refractivity contribution in [3.05, 3.63) is 42.1 Å². The van der Waals surface area contributed by atoms with E-state index < -0.39 is 0 Å². The molecule has 3 N–H and O–H groups in total. The van der Waals surface area contributed by atoms with Gasteiger partial charge in [-0.1, -0.05) is 36.8 Å². The minimum absolute atomic E-state index is 0.0228.